The zero-order chi connectivity index (χ0) is 14.8. The van der Waals surface area contributed by atoms with E-state index < -0.39 is 30.6 Å². The van der Waals surface area contributed by atoms with Crippen LogP contribution in [0.3, 0.4) is 0 Å². The number of esters is 1. The summed E-state index contributed by atoms with van der Waals surface area (Å²) >= 11 is 0. The minimum Gasteiger partial charge on any atom is -0.478 e. The molecule has 1 unspecified atom stereocenters. The molecule has 2 atom stereocenters. The van der Waals surface area contributed by atoms with Crippen LogP contribution >= 0.6 is 0 Å². The fourth-order valence-corrected chi connectivity index (χ4v) is 2.04. The average Bonchev–Trinajstić information content (AvgIpc) is 2.82. The first kappa shape index (κ1) is 14.4. The zero-order valence-electron chi connectivity index (χ0n) is 10.7. The molecule has 7 heteroatoms. The monoisotopic (exact) mass is 282 g/mol. The van der Waals surface area contributed by atoms with Crippen molar-refractivity contribution in [3.8, 4) is 0 Å². The molecule has 1 aliphatic heterocycles. The van der Waals surface area contributed by atoms with E-state index >= 15 is 0 Å². The van der Waals surface area contributed by atoms with E-state index in [0.29, 0.717) is 0 Å². The summed E-state index contributed by atoms with van der Waals surface area (Å²) in [5, 5.41) is 18.7. The molecule has 1 fully saturated rings. The van der Waals surface area contributed by atoms with Gasteiger partial charge in [-0.05, 0) is 6.07 Å². The Bertz CT molecular complexity index is 527. The molecule has 2 rings (SSSR count). The number of aliphatic hydroxyl groups is 1. The Morgan fingerprint density at radius 2 is 2.15 bits per heavy atom. The van der Waals surface area contributed by atoms with Crippen LogP contribution < -0.4 is 0 Å². The minimum atomic E-state index is -1.64. The Morgan fingerprint density at radius 3 is 2.75 bits per heavy atom. The Labute approximate surface area is 114 Å². The van der Waals surface area contributed by atoms with E-state index in [0.717, 1.165) is 0 Å². The fraction of sp³-hybridized carbons (Fsp3) is 0.385. The Balaban J connectivity index is 2.34. The van der Waals surface area contributed by atoms with Crippen molar-refractivity contribution >= 4 is 11.9 Å². The van der Waals surface area contributed by atoms with E-state index in [1.54, 1.807) is 12.1 Å². The number of carbonyl (C=O) groups is 2. The van der Waals surface area contributed by atoms with Gasteiger partial charge in [0.15, 0.2) is 0 Å². The maximum Gasteiger partial charge on any atom is 0.336 e. The molecule has 2 N–H and O–H groups in total. The number of aromatic carboxylic acids is 1. The lowest BCUT2D eigenvalue weighted by Gasteiger charge is -2.27. The lowest BCUT2D eigenvalue weighted by molar-refractivity contribution is -0.233. The van der Waals surface area contributed by atoms with Crippen molar-refractivity contribution in [1.29, 1.82) is 0 Å². The standard InChI is InChI=1S/C13H14O7/c1-8(15)19-11-6-18-13(7-14,20-11)10-5-3-2-4-9(10)12(16)17/h2-5,11,14H,6-7H2,1H3,(H,16,17)/t11?,13-/m0/s1. The number of carbonyl (C=O) groups excluding carboxylic acids is 1. The second-order valence-electron chi connectivity index (χ2n) is 4.23. The molecule has 20 heavy (non-hydrogen) atoms. The summed E-state index contributed by atoms with van der Waals surface area (Å²) in [6.07, 6.45) is -0.985. The van der Waals surface area contributed by atoms with Crippen molar-refractivity contribution in [1.82, 2.24) is 0 Å². The normalized spacial score (nSPS) is 25.4. The molecule has 0 aliphatic carbocycles. The summed E-state index contributed by atoms with van der Waals surface area (Å²) in [4.78, 5) is 22.1. The minimum absolute atomic E-state index is 0.0509. The summed E-state index contributed by atoms with van der Waals surface area (Å²) in [6, 6.07) is 6.01. The first-order chi connectivity index (χ1) is 9.48. The van der Waals surface area contributed by atoms with Crippen LogP contribution in [0.1, 0.15) is 22.8 Å². The van der Waals surface area contributed by atoms with Gasteiger partial charge in [0.05, 0.1) is 5.56 Å². The van der Waals surface area contributed by atoms with Crippen LogP contribution in [0.5, 0.6) is 0 Å². The van der Waals surface area contributed by atoms with Gasteiger partial charge in [-0.1, -0.05) is 18.2 Å². The quantitative estimate of drug-likeness (QED) is 0.773. The molecule has 0 saturated carbocycles. The van der Waals surface area contributed by atoms with E-state index in [2.05, 4.69) is 0 Å². The van der Waals surface area contributed by atoms with E-state index in [9.17, 15) is 14.7 Å². The molecule has 7 nitrogen and oxygen atoms in total. The smallest absolute Gasteiger partial charge is 0.336 e. The molecule has 0 bridgehead atoms. The maximum atomic E-state index is 11.2. The lowest BCUT2D eigenvalue weighted by atomic mass is 10.00. The van der Waals surface area contributed by atoms with Gasteiger partial charge in [0, 0.05) is 12.5 Å². The van der Waals surface area contributed by atoms with Crippen LogP contribution in [-0.2, 0) is 24.8 Å². The van der Waals surface area contributed by atoms with Gasteiger partial charge in [0.25, 0.3) is 0 Å². The highest BCUT2D eigenvalue weighted by Gasteiger charge is 2.46. The third kappa shape index (κ3) is 2.64. The predicted octanol–water partition coefficient (Wildman–Crippen LogP) is 0.466. The number of benzene rings is 1. The van der Waals surface area contributed by atoms with E-state index in [1.165, 1.54) is 19.1 Å². The SMILES string of the molecule is CC(=O)OC1CO[C@](CO)(c2ccccc2C(=O)O)O1. The van der Waals surface area contributed by atoms with Crippen molar-refractivity contribution in [2.75, 3.05) is 13.2 Å². The van der Waals surface area contributed by atoms with E-state index in [4.69, 9.17) is 19.3 Å². The first-order valence-corrected chi connectivity index (χ1v) is 5.91. The lowest BCUT2D eigenvalue weighted by Crippen LogP contribution is -2.34. The number of carboxylic acid groups (broad SMARTS) is 1. The van der Waals surface area contributed by atoms with Crippen molar-refractivity contribution in [3.63, 3.8) is 0 Å². The Hall–Kier alpha value is -1.96. The molecule has 1 heterocycles. The maximum absolute atomic E-state index is 11.2. The van der Waals surface area contributed by atoms with Crippen molar-refractivity contribution in [2.45, 2.75) is 19.0 Å². The van der Waals surface area contributed by atoms with Gasteiger partial charge < -0.3 is 24.4 Å². The first-order valence-electron chi connectivity index (χ1n) is 5.91. The molecule has 0 radical (unpaired) electrons. The number of hydrogen-bond acceptors (Lipinski definition) is 6. The summed E-state index contributed by atoms with van der Waals surface area (Å²) < 4.78 is 15.6. The van der Waals surface area contributed by atoms with Crippen molar-refractivity contribution in [3.05, 3.63) is 35.4 Å². The van der Waals surface area contributed by atoms with E-state index in [-0.39, 0.29) is 17.7 Å². The summed E-state index contributed by atoms with van der Waals surface area (Å²) in [5.74, 6) is -3.37. The van der Waals surface area contributed by atoms with Gasteiger partial charge >= 0.3 is 11.9 Å². The van der Waals surface area contributed by atoms with Crippen molar-refractivity contribution in [2.24, 2.45) is 0 Å². The molecule has 1 aliphatic rings. The third-order valence-electron chi connectivity index (χ3n) is 2.85. The van der Waals surface area contributed by atoms with Gasteiger partial charge in [-0.15, -0.1) is 0 Å². The fourth-order valence-electron chi connectivity index (χ4n) is 2.04. The topological polar surface area (TPSA) is 102 Å². The van der Waals surface area contributed by atoms with Gasteiger partial charge in [0.2, 0.25) is 12.1 Å². The number of carboxylic acids is 1. The van der Waals surface area contributed by atoms with Crippen LogP contribution in [0.2, 0.25) is 0 Å². The van der Waals surface area contributed by atoms with Crippen LogP contribution in [0.15, 0.2) is 24.3 Å². The number of aliphatic hydroxyl groups excluding tert-OH is 1. The molecule has 108 valence electrons. The predicted molar refractivity (Wildman–Crippen MR) is 64.8 cm³/mol. The van der Waals surface area contributed by atoms with Crippen LogP contribution in [0, 0.1) is 0 Å². The van der Waals surface area contributed by atoms with Crippen molar-refractivity contribution < 1.29 is 34.0 Å². The van der Waals surface area contributed by atoms with Gasteiger partial charge in [-0.25, -0.2) is 4.79 Å². The second kappa shape index (κ2) is 5.58. The largest absolute Gasteiger partial charge is 0.478 e. The summed E-state index contributed by atoms with van der Waals surface area (Å²) in [6.45, 7) is 0.524. The molecule has 1 saturated heterocycles. The number of ether oxygens (including phenoxy) is 3. The molecular formula is C13H14O7. The molecule has 0 spiro atoms. The van der Waals surface area contributed by atoms with Gasteiger partial charge in [-0.3, -0.25) is 4.79 Å². The number of hydrogen-bond donors (Lipinski definition) is 2. The Kier molecular flexibility index (Phi) is 4.03. The summed E-state index contributed by atoms with van der Waals surface area (Å²) in [5.41, 5.74) is 0.120. The van der Waals surface area contributed by atoms with Gasteiger partial charge in [-0.2, -0.15) is 0 Å². The summed E-state index contributed by atoms with van der Waals surface area (Å²) in [7, 11) is 0. The molecule has 0 aromatic heterocycles. The highest BCUT2D eigenvalue weighted by atomic mass is 16.8. The molecule has 1 aromatic carbocycles. The van der Waals surface area contributed by atoms with Crippen LogP contribution in [0.25, 0.3) is 0 Å². The number of rotatable bonds is 4. The molecular weight excluding hydrogens is 268 g/mol. The average molecular weight is 282 g/mol. The highest BCUT2D eigenvalue weighted by Crippen LogP contribution is 2.36. The third-order valence-corrected chi connectivity index (χ3v) is 2.85. The Morgan fingerprint density at radius 1 is 1.45 bits per heavy atom. The zero-order valence-corrected chi connectivity index (χ0v) is 10.7. The van der Waals surface area contributed by atoms with Crippen LogP contribution in [0.4, 0.5) is 0 Å². The second-order valence-corrected chi connectivity index (χ2v) is 4.23. The van der Waals surface area contributed by atoms with E-state index in [1.807, 2.05) is 0 Å². The molecule has 0 amide bonds. The molecule has 1 aromatic rings. The highest BCUT2D eigenvalue weighted by molar-refractivity contribution is 5.89. The van der Waals surface area contributed by atoms with Gasteiger partial charge in [0.1, 0.15) is 13.2 Å². The van der Waals surface area contributed by atoms with Crippen LogP contribution in [-0.4, -0.2) is 41.7 Å².